The number of nitrogens with two attached hydrogens (primary N) is 1. The van der Waals surface area contributed by atoms with E-state index < -0.39 is 0 Å². The van der Waals surface area contributed by atoms with Crippen molar-refractivity contribution in [3.63, 3.8) is 0 Å². The highest BCUT2D eigenvalue weighted by Gasteiger charge is 2.37. The van der Waals surface area contributed by atoms with E-state index in [4.69, 9.17) is 10.5 Å². The van der Waals surface area contributed by atoms with Crippen molar-refractivity contribution in [1.82, 2.24) is 4.90 Å². The summed E-state index contributed by atoms with van der Waals surface area (Å²) in [5.74, 6) is 0. The van der Waals surface area contributed by atoms with Gasteiger partial charge in [-0.15, -0.1) is 0 Å². The maximum absolute atomic E-state index is 6.38. The molecule has 0 spiro atoms. The number of rotatable bonds is 6. The highest BCUT2D eigenvalue weighted by Crippen LogP contribution is 2.37. The Bertz CT molecular complexity index is 243. The van der Waals surface area contributed by atoms with Crippen molar-refractivity contribution in [3.05, 3.63) is 0 Å². The van der Waals surface area contributed by atoms with E-state index in [1.807, 2.05) is 0 Å². The number of ether oxygens (including phenoxy) is 1. The molecular formula is C15H32N2O. The lowest BCUT2D eigenvalue weighted by Crippen LogP contribution is -2.56. The van der Waals surface area contributed by atoms with Crippen molar-refractivity contribution in [3.8, 4) is 0 Å². The maximum Gasteiger partial charge on any atom is 0.0589 e. The molecule has 0 radical (unpaired) electrons. The summed E-state index contributed by atoms with van der Waals surface area (Å²) in [5.41, 5.74) is 6.81. The van der Waals surface area contributed by atoms with Crippen LogP contribution in [0.2, 0.25) is 0 Å². The fourth-order valence-corrected chi connectivity index (χ4v) is 3.08. The van der Waals surface area contributed by atoms with Crippen LogP contribution in [0.25, 0.3) is 0 Å². The Kier molecular flexibility index (Phi) is 6.09. The molecule has 3 nitrogen and oxygen atoms in total. The van der Waals surface area contributed by atoms with Crippen molar-refractivity contribution < 1.29 is 4.74 Å². The van der Waals surface area contributed by atoms with Crippen LogP contribution in [0.1, 0.15) is 53.4 Å². The lowest BCUT2D eigenvalue weighted by molar-refractivity contribution is 0.0305. The maximum atomic E-state index is 6.38. The second kappa shape index (κ2) is 6.88. The topological polar surface area (TPSA) is 38.5 Å². The van der Waals surface area contributed by atoms with E-state index in [0.717, 1.165) is 19.6 Å². The Balaban J connectivity index is 2.74. The van der Waals surface area contributed by atoms with Crippen LogP contribution >= 0.6 is 0 Å². The third-order valence-electron chi connectivity index (χ3n) is 4.55. The van der Waals surface area contributed by atoms with Gasteiger partial charge in [0.1, 0.15) is 0 Å². The molecule has 0 bridgehead atoms. The standard InChI is InChI=1S/C15H32N2O/c1-6-12(2)17(9-10-18-5)14-11-15(3,4)8-7-13(14)16/h12-14H,6-11,16H2,1-5H3. The summed E-state index contributed by atoms with van der Waals surface area (Å²) in [5, 5.41) is 0. The number of hydrogen-bond acceptors (Lipinski definition) is 3. The molecule has 18 heavy (non-hydrogen) atoms. The fourth-order valence-electron chi connectivity index (χ4n) is 3.08. The average molecular weight is 256 g/mol. The first-order chi connectivity index (χ1) is 8.41. The average Bonchev–Trinajstić information content (AvgIpc) is 2.33. The molecule has 1 saturated carbocycles. The van der Waals surface area contributed by atoms with Crippen LogP contribution in [-0.4, -0.2) is 43.3 Å². The summed E-state index contributed by atoms with van der Waals surface area (Å²) in [4.78, 5) is 2.58. The molecule has 3 heteroatoms. The highest BCUT2D eigenvalue weighted by atomic mass is 16.5. The van der Waals surface area contributed by atoms with Crippen LogP contribution < -0.4 is 5.73 Å². The van der Waals surface area contributed by atoms with Crippen LogP contribution in [0.4, 0.5) is 0 Å². The molecule has 0 saturated heterocycles. The van der Waals surface area contributed by atoms with Crippen LogP contribution in [0.15, 0.2) is 0 Å². The van der Waals surface area contributed by atoms with Gasteiger partial charge in [0, 0.05) is 31.8 Å². The molecule has 0 amide bonds. The predicted octanol–water partition coefficient (Wildman–Crippen LogP) is 2.64. The minimum absolute atomic E-state index is 0.323. The molecule has 0 aliphatic heterocycles. The second-order valence-corrected chi connectivity index (χ2v) is 6.63. The van der Waals surface area contributed by atoms with E-state index >= 15 is 0 Å². The van der Waals surface area contributed by atoms with Gasteiger partial charge in [-0.25, -0.2) is 0 Å². The molecule has 1 aliphatic rings. The number of hydrogen-bond donors (Lipinski definition) is 1. The molecule has 3 atom stereocenters. The molecule has 1 aliphatic carbocycles. The Morgan fingerprint density at radius 1 is 1.44 bits per heavy atom. The normalized spacial score (nSPS) is 29.5. The molecule has 1 fully saturated rings. The summed E-state index contributed by atoms with van der Waals surface area (Å²) in [6, 6.07) is 1.42. The van der Waals surface area contributed by atoms with Crippen molar-refractivity contribution >= 4 is 0 Å². The zero-order valence-electron chi connectivity index (χ0n) is 12.9. The Labute approximate surface area is 113 Å². The van der Waals surface area contributed by atoms with E-state index in [2.05, 4.69) is 32.6 Å². The minimum Gasteiger partial charge on any atom is -0.383 e. The third kappa shape index (κ3) is 4.22. The summed E-state index contributed by atoms with van der Waals surface area (Å²) >= 11 is 0. The van der Waals surface area contributed by atoms with Gasteiger partial charge in [0.15, 0.2) is 0 Å². The smallest absolute Gasteiger partial charge is 0.0589 e. The van der Waals surface area contributed by atoms with E-state index in [9.17, 15) is 0 Å². The van der Waals surface area contributed by atoms with Gasteiger partial charge in [0.25, 0.3) is 0 Å². The Hall–Kier alpha value is -0.120. The minimum atomic E-state index is 0.323. The molecule has 3 unspecified atom stereocenters. The van der Waals surface area contributed by atoms with E-state index in [1.54, 1.807) is 7.11 Å². The number of methoxy groups -OCH3 is 1. The van der Waals surface area contributed by atoms with Crippen LogP contribution in [0.5, 0.6) is 0 Å². The van der Waals surface area contributed by atoms with E-state index in [1.165, 1.54) is 19.3 Å². The lowest BCUT2D eigenvalue weighted by Gasteiger charge is -2.46. The van der Waals surface area contributed by atoms with Gasteiger partial charge in [-0.1, -0.05) is 20.8 Å². The summed E-state index contributed by atoms with van der Waals surface area (Å²) < 4.78 is 5.26. The van der Waals surface area contributed by atoms with Crippen molar-refractivity contribution in [2.75, 3.05) is 20.3 Å². The van der Waals surface area contributed by atoms with Crippen molar-refractivity contribution in [2.45, 2.75) is 71.5 Å². The quantitative estimate of drug-likeness (QED) is 0.794. The van der Waals surface area contributed by atoms with Crippen LogP contribution in [0, 0.1) is 5.41 Å². The van der Waals surface area contributed by atoms with Gasteiger partial charge in [-0.05, 0) is 38.0 Å². The SMILES string of the molecule is CCC(C)N(CCOC)C1CC(C)(C)CCC1N. The van der Waals surface area contributed by atoms with Gasteiger partial charge >= 0.3 is 0 Å². The Morgan fingerprint density at radius 3 is 2.67 bits per heavy atom. The van der Waals surface area contributed by atoms with Gasteiger partial charge in [-0.3, -0.25) is 4.90 Å². The van der Waals surface area contributed by atoms with Crippen molar-refractivity contribution in [2.24, 2.45) is 11.1 Å². The summed E-state index contributed by atoms with van der Waals surface area (Å²) in [6.07, 6.45) is 4.79. The van der Waals surface area contributed by atoms with Gasteiger partial charge < -0.3 is 10.5 Å². The van der Waals surface area contributed by atoms with Crippen LogP contribution in [0.3, 0.4) is 0 Å². The molecule has 0 aromatic heterocycles. The molecule has 0 aromatic rings. The first kappa shape index (κ1) is 15.9. The zero-order chi connectivity index (χ0) is 13.8. The zero-order valence-corrected chi connectivity index (χ0v) is 12.9. The van der Waals surface area contributed by atoms with E-state index in [0.29, 0.717) is 23.5 Å². The summed E-state index contributed by atoms with van der Waals surface area (Å²) in [6.45, 7) is 11.1. The predicted molar refractivity (Wildman–Crippen MR) is 77.7 cm³/mol. The Morgan fingerprint density at radius 2 is 2.11 bits per heavy atom. The lowest BCUT2D eigenvalue weighted by atomic mass is 9.72. The molecule has 2 N–H and O–H groups in total. The van der Waals surface area contributed by atoms with Gasteiger partial charge in [0.05, 0.1) is 6.61 Å². The first-order valence-electron chi connectivity index (χ1n) is 7.41. The molecule has 0 heterocycles. The van der Waals surface area contributed by atoms with Gasteiger partial charge in [-0.2, -0.15) is 0 Å². The molecule has 0 aromatic carbocycles. The van der Waals surface area contributed by atoms with Crippen molar-refractivity contribution in [1.29, 1.82) is 0 Å². The number of nitrogens with zero attached hydrogens (tertiary/aromatic N) is 1. The first-order valence-corrected chi connectivity index (χ1v) is 7.41. The highest BCUT2D eigenvalue weighted by molar-refractivity contribution is 4.94. The molecule has 1 rings (SSSR count). The molecule has 108 valence electrons. The third-order valence-corrected chi connectivity index (χ3v) is 4.55. The second-order valence-electron chi connectivity index (χ2n) is 6.63. The van der Waals surface area contributed by atoms with Gasteiger partial charge in [0.2, 0.25) is 0 Å². The summed E-state index contributed by atoms with van der Waals surface area (Å²) in [7, 11) is 1.78. The van der Waals surface area contributed by atoms with Crippen LogP contribution in [-0.2, 0) is 4.74 Å². The molecular weight excluding hydrogens is 224 g/mol. The fraction of sp³-hybridized carbons (Fsp3) is 1.00. The largest absolute Gasteiger partial charge is 0.383 e. The monoisotopic (exact) mass is 256 g/mol. The van der Waals surface area contributed by atoms with E-state index in [-0.39, 0.29) is 0 Å².